The van der Waals surface area contributed by atoms with Gasteiger partial charge >= 0.3 is 0 Å². The smallest absolute Gasteiger partial charge is 0.257 e. The number of fused-ring (bicyclic) bond motifs is 1. The minimum Gasteiger partial charge on any atom is -0.335 e. The molecule has 2 amide bonds. The van der Waals surface area contributed by atoms with E-state index in [2.05, 4.69) is 0 Å². The van der Waals surface area contributed by atoms with Crippen molar-refractivity contribution in [2.75, 3.05) is 26.2 Å². The van der Waals surface area contributed by atoms with Gasteiger partial charge in [-0.1, -0.05) is 36.4 Å². The highest BCUT2D eigenvalue weighted by atomic mass is 19.2. The third-order valence-corrected chi connectivity index (χ3v) is 5.14. The van der Waals surface area contributed by atoms with Crippen LogP contribution in [0.4, 0.5) is 13.2 Å². The molecule has 4 nitrogen and oxygen atoms in total. The third kappa shape index (κ3) is 3.44. The average Bonchev–Trinajstić information content (AvgIpc) is 2.76. The van der Waals surface area contributed by atoms with Crippen LogP contribution in [0.25, 0.3) is 10.8 Å². The van der Waals surface area contributed by atoms with Crippen molar-refractivity contribution in [3.63, 3.8) is 0 Å². The summed E-state index contributed by atoms with van der Waals surface area (Å²) < 4.78 is 40.4. The van der Waals surface area contributed by atoms with Gasteiger partial charge in [-0.25, -0.2) is 13.2 Å². The maximum absolute atomic E-state index is 13.9. The summed E-state index contributed by atoms with van der Waals surface area (Å²) in [4.78, 5) is 28.4. The van der Waals surface area contributed by atoms with Gasteiger partial charge in [0, 0.05) is 31.7 Å². The number of piperazine rings is 1. The molecule has 0 unspecified atom stereocenters. The first kappa shape index (κ1) is 19.0. The first-order valence-corrected chi connectivity index (χ1v) is 9.17. The van der Waals surface area contributed by atoms with Crippen molar-refractivity contribution >= 4 is 22.6 Å². The number of nitrogens with zero attached hydrogens (tertiary/aromatic N) is 2. The van der Waals surface area contributed by atoms with Gasteiger partial charge in [-0.3, -0.25) is 9.59 Å². The van der Waals surface area contributed by atoms with Gasteiger partial charge in [0.2, 0.25) is 0 Å². The maximum Gasteiger partial charge on any atom is 0.257 e. The van der Waals surface area contributed by atoms with Crippen molar-refractivity contribution in [2.24, 2.45) is 0 Å². The molecule has 1 aliphatic heterocycles. The number of rotatable bonds is 2. The van der Waals surface area contributed by atoms with Gasteiger partial charge in [-0.2, -0.15) is 0 Å². The van der Waals surface area contributed by atoms with Crippen molar-refractivity contribution < 1.29 is 22.8 Å². The van der Waals surface area contributed by atoms with Crippen LogP contribution in [0.2, 0.25) is 0 Å². The minimum atomic E-state index is -1.67. The molecule has 1 fully saturated rings. The van der Waals surface area contributed by atoms with Gasteiger partial charge in [-0.05, 0) is 29.0 Å². The van der Waals surface area contributed by atoms with Gasteiger partial charge in [0.25, 0.3) is 11.8 Å². The van der Waals surface area contributed by atoms with Crippen LogP contribution in [0, 0.1) is 17.5 Å². The van der Waals surface area contributed by atoms with Crippen molar-refractivity contribution in [3.8, 4) is 0 Å². The van der Waals surface area contributed by atoms with Crippen molar-refractivity contribution in [1.82, 2.24) is 9.80 Å². The van der Waals surface area contributed by atoms with E-state index in [0.29, 0.717) is 5.56 Å². The zero-order valence-corrected chi connectivity index (χ0v) is 15.4. The van der Waals surface area contributed by atoms with Gasteiger partial charge in [-0.15, -0.1) is 0 Å². The summed E-state index contributed by atoms with van der Waals surface area (Å²) in [5.74, 6) is -5.37. The highest BCUT2D eigenvalue weighted by molar-refractivity contribution is 6.07. The van der Waals surface area contributed by atoms with E-state index >= 15 is 0 Å². The SMILES string of the molecule is O=C(c1ccc(F)c(F)c1F)N1CCN(C(=O)c2cccc3ccccc23)CC1. The molecule has 0 radical (unpaired) electrons. The Labute approximate surface area is 165 Å². The number of carbonyl (C=O) groups is 2. The molecule has 7 heteroatoms. The second kappa shape index (κ2) is 7.58. The molecule has 0 N–H and O–H groups in total. The first-order chi connectivity index (χ1) is 14.0. The zero-order valence-electron chi connectivity index (χ0n) is 15.4. The third-order valence-electron chi connectivity index (χ3n) is 5.14. The van der Waals surface area contributed by atoms with E-state index in [4.69, 9.17) is 0 Å². The van der Waals surface area contributed by atoms with Crippen LogP contribution < -0.4 is 0 Å². The summed E-state index contributed by atoms with van der Waals surface area (Å²) in [7, 11) is 0. The fourth-order valence-corrected chi connectivity index (χ4v) is 3.56. The summed E-state index contributed by atoms with van der Waals surface area (Å²) in [6.07, 6.45) is 0. The number of halogens is 3. The number of amides is 2. The Morgan fingerprint density at radius 3 is 1.93 bits per heavy atom. The van der Waals surface area contributed by atoms with E-state index in [-0.39, 0.29) is 32.1 Å². The van der Waals surface area contributed by atoms with Crippen LogP contribution >= 0.6 is 0 Å². The lowest BCUT2D eigenvalue weighted by molar-refractivity contribution is 0.0533. The number of hydrogen-bond donors (Lipinski definition) is 0. The molecule has 1 heterocycles. The summed E-state index contributed by atoms with van der Waals surface area (Å²) in [5.41, 5.74) is 0.0623. The molecule has 1 aliphatic rings. The van der Waals surface area contributed by atoms with Crippen LogP contribution in [0.3, 0.4) is 0 Å². The van der Waals surface area contributed by atoms with Gasteiger partial charge in [0.05, 0.1) is 5.56 Å². The lowest BCUT2D eigenvalue weighted by atomic mass is 10.0. The molecule has 0 saturated carbocycles. The Balaban J connectivity index is 1.49. The van der Waals surface area contributed by atoms with E-state index in [9.17, 15) is 22.8 Å². The lowest BCUT2D eigenvalue weighted by Gasteiger charge is -2.35. The molecule has 0 aromatic heterocycles. The predicted octanol–water partition coefficient (Wildman–Crippen LogP) is 3.86. The molecule has 3 aromatic rings. The molecule has 1 saturated heterocycles. The summed E-state index contributed by atoms with van der Waals surface area (Å²) in [6.45, 7) is 0.875. The monoisotopic (exact) mass is 398 g/mol. The molecule has 0 aliphatic carbocycles. The number of benzene rings is 3. The highest BCUT2D eigenvalue weighted by Gasteiger charge is 2.28. The lowest BCUT2D eigenvalue weighted by Crippen LogP contribution is -2.50. The van der Waals surface area contributed by atoms with Crippen LogP contribution in [0.15, 0.2) is 54.6 Å². The highest BCUT2D eigenvalue weighted by Crippen LogP contribution is 2.22. The predicted molar refractivity (Wildman–Crippen MR) is 102 cm³/mol. The minimum absolute atomic E-state index is 0.145. The Morgan fingerprint density at radius 1 is 0.655 bits per heavy atom. The van der Waals surface area contributed by atoms with E-state index in [1.165, 1.54) is 4.90 Å². The second-order valence-corrected chi connectivity index (χ2v) is 6.83. The van der Waals surface area contributed by atoms with Crippen molar-refractivity contribution in [3.05, 3.63) is 83.2 Å². The normalized spacial score (nSPS) is 14.3. The zero-order chi connectivity index (χ0) is 20.5. The first-order valence-electron chi connectivity index (χ1n) is 9.17. The van der Waals surface area contributed by atoms with Gasteiger partial charge in [0.15, 0.2) is 17.5 Å². The molecular weight excluding hydrogens is 381 g/mol. The molecule has 0 atom stereocenters. The molecule has 148 valence electrons. The largest absolute Gasteiger partial charge is 0.335 e. The van der Waals surface area contributed by atoms with Gasteiger partial charge in [0.1, 0.15) is 0 Å². The Kier molecular flexibility index (Phi) is 4.96. The number of hydrogen-bond acceptors (Lipinski definition) is 2. The molecule has 0 spiro atoms. The fraction of sp³-hybridized carbons (Fsp3) is 0.182. The Hall–Kier alpha value is -3.35. The van der Waals surface area contributed by atoms with Crippen molar-refractivity contribution in [2.45, 2.75) is 0 Å². The van der Waals surface area contributed by atoms with E-state index in [1.807, 2.05) is 36.4 Å². The van der Waals surface area contributed by atoms with E-state index < -0.39 is 28.9 Å². The fourth-order valence-electron chi connectivity index (χ4n) is 3.56. The molecule has 4 rings (SSSR count). The van der Waals surface area contributed by atoms with Gasteiger partial charge < -0.3 is 9.80 Å². The molecule has 0 bridgehead atoms. The maximum atomic E-state index is 13.9. The van der Waals surface area contributed by atoms with Crippen LogP contribution in [0.5, 0.6) is 0 Å². The standard InChI is InChI=1S/C22H17F3N2O2/c23-18-9-8-17(19(24)20(18)25)22(29)27-12-10-26(11-13-27)21(28)16-7-3-5-14-4-1-2-6-15(14)16/h1-9H,10-13H2. The van der Waals surface area contributed by atoms with Crippen LogP contribution in [-0.2, 0) is 0 Å². The molecular formula is C22H17F3N2O2. The second-order valence-electron chi connectivity index (χ2n) is 6.83. The Bertz CT molecular complexity index is 1100. The van der Waals surface area contributed by atoms with Crippen molar-refractivity contribution in [1.29, 1.82) is 0 Å². The topological polar surface area (TPSA) is 40.6 Å². The molecule has 29 heavy (non-hydrogen) atoms. The number of carbonyl (C=O) groups excluding carboxylic acids is 2. The van der Waals surface area contributed by atoms with E-state index in [1.54, 1.807) is 11.0 Å². The summed E-state index contributed by atoms with van der Waals surface area (Å²) in [6, 6.07) is 14.8. The quantitative estimate of drug-likeness (QED) is 0.615. The van der Waals surface area contributed by atoms with E-state index in [0.717, 1.165) is 22.9 Å². The summed E-state index contributed by atoms with van der Waals surface area (Å²) in [5, 5.41) is 1.81. The Morgan fingerprint density at radius 2 is 1.24 bits per heavy atom. The summed E-state index contributed by atoms with van der Waals surface area (Å²) >= 11 is 0. The molecule has 3 aromatic carbocycles. The average molecular weight is 398 g/mol. The van der Waals surface area contributed by atoms with Crippen LogP contribution in [-0.4, -0.2) is 47.8 Å². The van der Waals surface area contributed by atoms with Crippen LogP contribution in [0.1, 0.15) is 20.7 Å².